The van der Waals surface area contributed by atoms with Crippen LogP contribution in [0, 0.1) is 0 Å². The summed E-state index contributed by atoms with van der Waals surface area (Å²) in [6.07, 6.45) is 4.00. The zero-order valence-corrected chi connectivity index (χ0v) is 19.3. The summed E-state index contributed by atoms with van der Waals surface area (Å²) in [5, 5.41) is 7.89. The van der Waals surface area contributed by atoms with Crippen LogP contribution in [0.15, 0.2) is 47.6 Å². The summed E-state index contributed by atoms with van der Waals surface area (Å²) >= 11 is 5.32. The molecular weight excluding hydrogens is 392 g/mol. The number of methoxy groups -OCH3 is 1. The van der Waals surface area contributed by atoms with Crippen molar-refractivity contribution in [1.82, 2.24) is 5.43 Å². The van der Waals surface area contributed by atoms with Crippen molar-refractivity contribution < 1.29 is 4.74 Å². The minimum atomic E-state index is 0.125. The van der Waals surface area contributed by atoms with Gasteiger partial charge in [0.2, 0.25) is 0 Å². The third kappa shape index (κ3) is 4.93. The molecule has 1 unspecified atom stereocenters. The topological polar surface area (TPSA) is 48.9 Å². The van der Waals surface area contributed by atoms with Crippen molar-refractivity contribution in [1.29, 1.82) is 0 Å². The molecule has 5 nitrogen and oxygen atoms in total. The van der Waals surface area contributed by atoms with Crippen LogP contribution in [0.25, 0.3) is 0 Å². The van der Waals surface area contributed by atoms with Gasteiger partial charge in [0.25, 0.3) is 0 Å². The lowest BCUT2D eigenvalue weighted by Gasteiger charge is -2.47. The predicted molar refractivity (Wildman–Crippen MR) is 131 cm³/mol. The number of para-hydroxylation sites is 1. The van der Waals surface area contributed by atoms with Crippen LogP contribution in [-0.4, -0.2) is 30.5 Å². The molecule has 0 radical (unpaired) electrons. The van der Waals surface area contributed by atoms with Gasteiger partial charge in [0, 0.05) is 35.1 Å². The average Bonchev–Trinajstić information content (AvgIpc) is 2.71. The summed E-state index contributed by atoms with van der Waals surface area (Å²) < 4.78 is 5.70. The van der Waals surface area contributed by atoms with E-state index in [9.17, 15) is 0 Å². The molecule has 2 N–H and O–H groups in total. The van der Waals surface area contributed by atoms with Crippen LogP contribution in [0.4, 0.5) is 11.4 Å². The van der Waals surface area contributed by atoms with Crippen LogP contribution in [0.1, 0.15) is 57.6 Å². The van der Waals surface area contributed by atoms with Crippen molar-refractivity contribution in [2.45, 2.75) is 52.0 Å². The van der Waals surface area contributed by atoms with Gasteiger partial charge in [0.15, 0.2) is 5.11 Å². The molecule has 0 aliphatic carbocycles. The first-order chi connectivity index (χ1) is 14.4. The van der Waals surface area contributed by atoms with E-state index < -0.39 is 0 Å². The number of fused-ring (bicyclic) bond motifs is 1. The van der Waals surface area contributed by atoms with E-state index in [0.717, 1.165) is 36.4 Å². The Morgan fingerprint density at radius 3 is 2.70 bits per heavy atom. The van der Waals surface area contributed by atoms with E-state index in [1.807, 2.05) is 30.3 Å². The average molecular weight is 425 g/mol. The molecule has 0 bridgehead atoms. The number of anilines is 2. The van der Waals surface area contributed by atoms with Crippen LogP contribution in [0.2, 0.25) is 0 Å². The minimum Gasteiger partial charge on any atom is -0.496 e. The predicted octanol–water partition coefficient (Wildman–Crippen LogP) is 5.52. The number of hydrazone groups is 1. The van der Waals surface area contributed by atoms with Gasteiger partial charge >= 0.3 is 0 Å². The largest absolute Gasteiger partial charge is 0.496 e. The molecule has 1 aliphatic heterocycles. The molecule has 2 aromatic rings. The summed E-state index contributed by atoms with van der Waals surface area (Å²) in [5.41, 5.74) is 7.48. The number of nitrogens with zero attached hydrogens (tertiary/aromatic N) is 2. The summed E-state index contributed by atoms with van der Waals surface area (Å²) in [6.45, 7) is 10.2. The maximum absolute atomic E-state index is 5.70. The first kappa shape index (κ1) is 22.1. The fourth-order valence-corrected chi connectivity index (χ4v) is 4.46. The van der Waals surface area contributed by atoms with E-state index in [1.165, 1.54) is 11.3 Å². The third-order valence-electron chi connectivity index (χ3n) is 5.59. The lowest BCUT2D eigenvalue weighted by Crippen LogP contribution is -2.48. The fraction of sp³-hybridized carbons (Fsp3) is 0.417. The Morgan fingerprint density at radius 1 is 1.30 bits per heavy atom. The Morgan fingerprint density at radius 2 is 2.03 bits per heavy atom. The molecule has 0 spiro atoms. The lowest BCUT2D eigenvalue weighted by molar-refractivity contribution is 0.372. The molecule has 1 atom stereocenters. The lowest BCUT2D eigenvalue weighted by atomic mass is 9.79. The molecule has 0 aromatic heterocycles. The molecule has 2 aromatic carbocycles. The smallest absolute Gasteiger partial charge is 0.191 e. The van der Waals surface area contributed by atoms with Crippen LogP contribution in [0.3, 0.4) is 0 Å². The van der Waals surface area contributed by atoms with Gasteiger partial charge in [-0.05, 0) is 68.6 Å². The van der Waals surface area contributed by atoms with Crippen molar-refractivity contribution in [2.75, 3.05) is 23.9 Å². The molecular formula is C24H32N4OS. The molecule has 0 saturated heterocycles. The Hall–Kier alpha value is -2.60. The van der Waals surface area contributed by atoms with E-state index in [0.29, 0.717) is 11.0 Å². The third-order valence-corrected chi connectivity index (χ3v) is 5.78. The zero-order valence-electron chi connectivity index (χ0n) is 18.5. The highest BCUT2D eigenvalue weighted by Gasteiger charge is 2.36. The van der Waals surface area contributed by atoms with Gasteiger partial charge in [0.05, 0.1) is 13.3 Å². The SMILES string of the molecule is CCCN1c2cc(OC)c(/C=N/NC(=S)Nc3ccccc3)cc2C(C)CC1(C)C. The molecule has 0 amide bonds. The van der Waals surface area contributed by atoms with E-state index in [-0.39, 0.29) is 5.54 Å². The number of hydrogen-bond acceptors (Lipinski definition) is 4. The number of thiocarbonyl (C=S) groups is 1. The number of nitrogens with one attached hydrogen (secondary N) is 2. The van der Waals surface area contributed by atoms with Crippen LogP contribution < -0.4 is 20.4 Å². The van der Waals surface area contributed by atoms with Crippen LogP contribution in [0.5, 0.6) is 5.75 Å². The second-order valence-electron chi connectivity index (χ2n) is 8.41. The van der Waals surface area contributed by atoms with Crippen molar-refractivity contribution >= 4 is 34.9 Å². The summed E-state index contributed by atoms with van der Waals surface area (Å²) in [4.78, 5) is 2.52. The Kier molecular flexibility index (Phi) is 6.98. The number of ether oxygens (including phenoxy) is 1. The minimum absolute atomic E-state index is 0.125. The quantitative estimate of drug-likeness (QED) is 0.363. The molecule has 0 saturated carbocycles. The van der Waals surface area contributed by atoms with E-state index >= 15 is 0 Å². The van der Waals surface area contributed by atoms with Crippen molar-refractivity contribution in [3.63, 3.8) is 0 Å². The van der Waals surface area contributed by atoms with Gasteiger partial charge in [-0.25, -0.2) is 0 Å². The van der Waals surface area contributed by atoms with Crippen LogP contribution in [-0.2, 0) is 0 Å². The second kappa shape index (κ2) is 9.47. The van der Waals surface area contributed by atoms with Gasteiger partial charge in [-0.2, -0.15) is 5.10 Å². The normalized spacial score (nSPS) is 17.5. The molecule has 0 fully saturated rings. The molecule has 1 heterocycles. The fourth-order valence-electron chi connectivity index (χ4n) is 4.29. The zero-order chi connectivity index (χ0) is 21.7. The Labute approximate surface area is 185 Å². The molecule has 160 valence electrons. The van der Waals surface area contributed by atoms with Crippen LogP contribution >= 0.6 is 12.2 Å². The number of rotatable bonds is 6. The van der Waals surface area contributed by atoms with Gasteiger partial charge in [-0.1, -0.05) is 32.0 Å². The maximum atomic E-state index is 5.70. The first-order valence-electron chi connectivity index (χ1n) is 10.5. The number of benzene rings is 2. The Balaban J connectivity index is 1.81. The van der Waals surface area contributed by atoms with Crippen molar-refractivity contribution in [2.24, 2.45) is 5.10 Å². The van der Waals surface area contributed by atoms with Gasteiger partial charge < -0.3 is 15.0 Å². The van der Waals surface area contributed by atoms with E-state index in [1.54, 1.807) is 13.3 Å². The van der Waals surface area contributed by atoms with Crippen molar-refractivity contribution in [3.05, 3.63) is 53.6 Å². The van der Waals surface area contributed by atoms with E-state index in [2.05, 4.69) is 60.6 Å². The highest BCUT2D eigenvalue weighted by molar-refractivity contribution is 7.80. The van der Waals surface area contributed by atoms with Crippen molar-refractivity contribution in [3.8, 4) is 5.75 Å². The molecule has 3 rings (SSSR count). The Bertz CT molecular complexity index is 911. The summed E-state index contributed by atoms with van der Waals surface area (Å²) in [5.74, 6) is 1.28. The van der Waals surface area contributed by atoms with Gasteiger partial charge in [0.1, 0.15) is 5.75 Å². The molecule has 30 heavy (non-hydrogen) atoms. The number of hydrogen-bond donors (Lipinski definition) is 2. The highest BCUT2D eigenvalue weighted by atomic mass is 32.1. The standard InChI is InChI=1S/C24H32N4OS/c1-6-12-28-21-14-22(29-5)18(13-20(21)17(2)15-24(28,3)4)16-25-27-23(30)26-19-10-8-7-9-11-19/h7-11,13-14,16-17H,6,12,15H2,1-5H3,(H2,26,27,30)/b25-16+. The summed E-state index contributed by atoms with van der Waals surface area (Å²) in [6, 6.07) is 14.1. The first-order valence-corrected chi connectivity index (χ1v) is 10.9. The maximum Gasteiger partial charge on any atom is 0.191 e. The highest BCUT2D eigenvalue weighted by Crippen LogP contribution is 2.45. The molecule has 6 heteroatoms. The second-order valence-corrected chi connectivity index (χ2v) is 8.82. The monoisotopic (exact) mass is 424 g/mol. The van der Waals surface area contributed by atoms with Gasteiger partial charge in [-0.15, -0.1) is 0 Å². The van der Waals surface area contributed by atoms with E-state index in [4.69, 9.17) is 17.0 Å². The molecule has 1 aliphatic rings. The summed E-state index contributed by atoms with van der Waals surface area (Å²) in [7, 11) is 1.70. The van der Waals surface area contributed by atoms with Gasteiger partial charge in [-0.3, -0.25) is 5.43 Å².